The Hall–Kier alpha value is -0.970. The van der Waals surface area contributed by atoms with Gasteiger partial charge in [0.15, 0.2) is 0 Å². The second-order valence-corrected chi connectivity index (χ2v) is 4.24. The highest BCUT2D eigenvalue weighted by Crippen LogP contribution is 2.17. The molecule has 1 unspecified atom stereocenters. The van der Waals surface area contributed by atoms with E-state index in [0.717, 1.165) is 38.3 Å². The molecule has 1 N–H and O–H groups in total. The van der Waals surface area contributed by atoms with Crippen LogP contribution in [0, 0.1) is 5.82 Å². The van der Waals surface area contributed by atoms with Crippen molar-refractivity contribution in [3.63, 3.8) is 0 Å². The topological polar surface area (TPSA) is 24.5 Å². The minimum Gasteiger partial charge on any atom is -0.379 e. The molecule has 0 aliphatic carbocycles. The number of hydrogen-bond acceptors (Lipinski definition) is 3. The maximum absolute atomic E-state index is 12.9. The molecule has 3 nitrogen and oxygen atoms in total. The number of nitrogens with one attached hydrogen (secondary N) is 1. The van der Waals surface area contributed by atoms with Crippen LogP contribution in [0.3, 0.4) is 0 Å². The molecule has 1 aromatic carbocycles. The summed E-state index contributed by atoms with van der Waals surface area (Å²) in [4.78, 5) is 0. The van der Waals surface area contributed by atoms with Gasteiger partial charge in [-0.2, -0.15) is 0 Å². The summed E-state index contributed by atoms with van der Waals surface area (Å²) in [5, 5.41) is 2.18. The van der Waals surface area contributed by atoms with Gasteiger partial charge < -0.3 is 4.74 Å². The lowest BCUT2D eigenvalue weighted by atomic mass is 10.1. The van der Waals surface area contributed by atoms with Crippen LogP contribution in [-0.4, -0.2) is 31.3 Å². The van der Waals surface area contributed by atoms with Crippen molar-refractivity contribution in [2.75, 3.05) is 26.3 Å². The number of rotatable bonds is 4. The number of benzene rings is 1. The van der Waals surface area contributed by atoms with Crippen LogP contribution in [-0.2, 0) is 4.74 Å². The first-order chi connectivity index (χ1) is 8.29. The van der Waals surface area contributed by atoms with Crippen LogP contribution >= 0.6 is 0 Å². The highest BCUT2D eigenvalue weighted by Gasteiger charge is 2.15. The third kappa shape index (κ3) is 3.49. The molecule has 0 spiro atoms. The summed E-state index contributed by atoms with van der Waals surface area (Å²) in [5.74, 6) is -0.185. The Bertz CT molecular complexity index is 336. The van der Waals surface area contributed by atoms with Crippen LogP contribution in [0.15, 0.2) is 24.3 Å². The van der Waals surface area contributed by atoms with E-state index in [4.69, 9.17) is 4.74 Å². The Labute approximate surface area is 102 Å². The van der Waals surface area contributed by atoms with Gasteiger partial charge in [0.1, 0.15) is 5.82 Å². The fraction of sp³-hybridized carbons (Fsp3) is 0.538. The van der Waals surface area contributed by atoms with Gasteiger partial charge in [0.25, 0.3) is 0 Å². The van der Waals surface area contributed by atoms with Crippen molar-refractivity contribution in [1.29, 1.82) is 0 Å². The normalized spacial score (nSPS) is 19.2. The fourth-order valence-electron chi connectivity index (χ4n) is 2.01. The summed E-state index contributed by atoms with van der Waals surface area (Å²) >= 11 is 0. The zero-order chi connectivity index (χ0) is 12.1. The summed E-state index contributed by atoms with van der Waals surface area (Å²) in [6.45, 7) is 5.47. The van der Waals surface area contributed by atoms with Gasteiger partial charge in [-0.3, -0.25) is 0 Å². The summed E-state index contributed by atoms with van der Waals surface area (Å²) in [6, 6.07) is 6.96. The molecule has 1 aromatic rings. The van der Waals surface area contributed by atoms with Crippen molar-refractivity contribution >= 4 is 0 Å². The van der Waals surface area contributed by atoms with Crippen LogP contribution in [0.1, 0.15) is 24.9 Å². The Morgan fingerprint density at radius 1 is 1.29 bits per heavy atom. The number of nitrogens with zero attached hydrogens (tertiary/aromatic N) is 1. The Morgan fingerprint density at radius 3 is 2.53 bits per heavy atom. The maximum atomic E-state index is 12.9. The zero-order valence-corrected chi connectivity index (χ0v) is 10.2. The van der Waals surface area contributed by atoms with E-state index < -0.39 is 0 Å². The van der Waals surface area contributed by atoms with Crippen molar-refractivity contribution < 1.29 is 9.13 Å². The number of hydrazine groups is 1. The highest BCUT2D eigenvalue weighted by molar-refractivity contribution is 5.19. The van der Waals surface area contributed by atoms with Crippen LogP contribution in [0.25, 0.3) is 0 Å². The summed E-state index contributed by atoms with van der Waals surface area (Å²) < 4.78 is 18.2. The third-order valence-corrected chi connectivity index (χ3v) is 3.03. The minimum atomic E-state index is -0.185. The highest BCUT2D eigenvalue weighted by atomic mass is 19.1. The van der Waals surface area contributed by atoms with Crippen molar-refractivity contribution in [2.45, 2.75) is 19.4 Å². The standard InChI is InChI=1S/C13H19FN2O/c1-2-13(11-3-5-12(14)6-4-11)15-16-7-9-17-10-8-16/h3-6,13,15H,2,7-10H2,1H3. The molecule has 1 fully saturated rings. The molecule has 1 aliphatic rings. The predicted octanol–water partition coefficient (Wildman–Crippen LogP) is 2.11. The zero-order valence-electron chi connectivity index (χ0n) is 10.2. The maximum Gasteiger partial charge on any atom is 0.123 e. The van der Waals surface area contributed by atoms with Crippen molar-refractivity contribution in [3.05, 3.63) is 35.6 Å². The molecule has 2 rings (SSSR count). The van der Waals surface area contributed by atoms with Crippen LogP contribution < -0.4 is 5.43 Å². The average Bonchev–Trinajstić information content (AvgIpc) is 2.38. The number of morpholine rings is 1. The molecular formula is C13H19FN2O. The van der Waals surface area contributed by atoms with Gasteiger partial charge in [-0.05, 0) is 24.1 Å². The average molecular weight is 238 g/mol. The van der Waals surface area contributed by atoms with Crippen LogP contribution in [0.4, 0.5) is 4.39 Å². The largest absolute Gasteiger partial charge is 0.379 e. The molecule has 0 amide bonds. The first-order valence-corrected chi connectivity index (χ1v) is 6.14. The fourth-order valence-corrected chi connectivity index (χ4v) is 2.01. The van der Waals surface area contributed by atoms with E-state index in [2.05, 4.69) is 17.4 Å². The van der Waals surface area contributed by atoms with Gasteiger partial charge in [-0.25, -0.2) is 14.8 Å². The molecule has 1 saturated heterocycles. The molecule has 0 saturated carbocycles. The lowest BCUT2D eigenvalue weighted by Crippen LogP contribution is -2.47. The van der Waals surface area contributed by atoms with Gasteiger partial charge >= 0.3 is 0 Å². The number of ether oxygens (including phenoxy) is 1. The van der Waals surface area contributed by atoms with Gasteiger partial charge in [0.05, 0.1) is 13.2 Å². The van der Waals surface area contributed by atoms with Gasteiger partial charge in [-0.15, -0.1) is 0 Å². The van der Waals surface area contributed by atoms with Gasteiger partial charge in [0, 0.05) is 19.1 Å². The molecule has 1 atom stereocenters. The minimum absolute atomic E-state index is 0.185. The molecule has 17 heavy (non-hydrogen) atoms. The second-order valence-electron chi connectivity index (χ2n) is 4.24. The summed E-state index contributed by atoms with van der Waals surface area (Å²) in [5.41, 5.74) is 4.60. The van der Waals surface area contributed by atoms with E-state index in [1.165, 1.54) is 12.1 Å². The quantitative estimate of drug-likeness (QED) is 0.869. The Balaban J connectivity index is 1.97. The lowest BCUT2D eigenvalue weighted by Gasteiger charge is -2.31. The van der Waals surface area contributed by atoms with Crippen molar-refractivity contribution in [3.8, 4) is 0 Å². The monoisotopic (exact) mass is 238 g/mol. The van der Waals surface area contributed by atoms with Crippen molar-refractivity contribution in [1.82, 2.24) is 10.4 Å². The smallest absolute Gasteiger partial charge is 0.123 e. The van der Waals surface area contributed by atoms with E-state index in [1.807, 2.05) is 12.1 Å². The third-order valence-electron chi connectivity index (χ3n) is 3.03. The van der Waals surface area contributed by atoms with E-state index in [9.17, 15) is 4.39 Å². The predicted molar refractivity (Wildman–Crippen MR) is 65.0 cm³/mol. The molecule has 0 aromatic heterocycles. The Morgan fingerprint density at radius 2 is 1.94 bits per heavy atom. The second kappa shape index (κ2) is 6.10. The molecule has 0 radical (unpaired) electrons. The van der Waals surface area contributed by atoms with Crippen molar-refractivity contribution in [2.24, 2.45) is 0 Å². The number of hydrogen-bond donors (Lipinski definition) is 1. The molecule has 4 heteroatoms. The van der Waals surface area contributed by atoms with Gasteiger partial charge in [0.2, 0.25) is 0 Å². The molecular weight excluding hydrogens is 219 g/mol. The van der Waals surface area contributed by atoms with E-state index in [0.29, 0.717) is 0 Å². The lowest BCUT2D eigenvalue weighted by molar-refractivity contribution is 0.00298. The first-order valence-electron chi connectivity index (χ1n) is 6.14. The molecule has 1 heterocycles. The van der Waals surface area contributed by atoms with Crippen LogP contribution in [0.5, 0.6) is 0 Å². The summed E-state index contributed by atoms with van der Waals surface area (Å²) in [7, 11) is 0. The summed E-state index contributed by atoms with van der Waals surface area (Å²) in [6.07, 6.45) is 0.975. The first kappa shape index (κ1) is 12.5. The van der Waals surface area contributed by atoms with Gasteiger partial charge in [-0.1, -0.05) is 19.1 Å². The Kier molecular flexibility index (Phi) is 4.48. The number of halogens is 1. The SMILES string of the molecule is CCC(NN1CCOCC1)c1ccc(F)cc1. The van der Waals surface area contributed by atoms with E-state index in [1.54, 1.807) is 0 Å². The van der Waals surface area contributed by atoms with Crippen LogP contribution in [0.2, 0.25) is 0 Å². The molecule has 1 aliphatic heterocycles. The van der Waals surface area contributed by atoms with E-state index >= 15 is 0 Å². The van der Waals surface area contributed by atoms with E-state index in [-0.39, 0.29) is 11.9 Å². The molecule has 0 bridgehead atoms. The molecule has 94 valence electrons.